The Morgan fingerprint density at radius 1 is 0.895 bits per heavy atom. The van der Waals surface area contributed by atoms with Gasteiger partial charge >= 0.3 is 0 Å². The van der Waals surface area contributed by atoms with E-state index in [4.69, 9.17) is 19.2 Å². The van der Waals surface area contributed by atoms with Crippen molar-refractivity contribution in [2.24, 2.45) is 0 Å². The lowest BCUT2D eigenvalue weighted by molar-refractivity contribution is -0.117. The van der Waals surface area contributed by atoms with Crippen LogP contribution in [-0.2, 0) is 11.3 Å². The van der Waals surface area contributed by atoms with Crippen molar-refractivity contribution in [3.63, 3.8) is 0 Å². The minimum absolute atomic E-state index is 0.0344. The smallest absolute Gasteiger partial charge is 0.227 e. The molecule has 0 aliphatic carbocycles. The van der Waals surface area contributed by atoms with E-state index in [0.717, 1.165) is 33.4 Å². The number of carbonyl (C=O) groups excluding carboxylic acids is 1. The van der Waals surface area contributed by atoms with Gasteiger partial charge in [-0.15, -0.1) is 0 Å². The third kappa shape index (κ3) is 4.30. The molecule has 7 heteroatoms. The number of hydrogen-bond donors (Lipinski definition) is 0. The Morgan fingerprint density at radius 2 is 1.71 bits per heavy atom. The van der Waals surface area contributed by atoms with E-state index in [1.807, 2.05) is 60.7 Å². The van der Waals surface area contributed by atoms with Crippen molar-refractivity contribution < 1.29 is 19.0 Å². The number of carbonyl (C=O) groups is 1. The molecule has 38 heavy (non-hydrogen) atoms. The van der Waals surface area contributed by atoms with E-state index in [2.05, 4.69) is 28.8 Å². The molecule has 1 fully saturated rings. The van der Waals surface area contributed by atoms with Gasteiger partial charge in [-0.2, -0.15) is 0 Å². The van der Waals surface area contributed by atoms with Crippen molar-refractivity contribution in [1.82, 2.24) is 9.55 Å². The number of para-hydroxylation sites is 2. The molecule has 0 N–H and O–H groups in total. The van der Waals surface area contributed by atoms with E-state index >= 15 is 0 Å². The van der Waals surface area contributed by atoms with Gasteiger partial charge < -0.3 is 23.7 Å². The van der Waals surface area contributed by atoms with Crippen LogP contribution in [-0.4, -0.2) is 42.8 Å². The summed E-state index contributed by atoms with van der Waals surface area (Å²) in [4.78, 5) is 20.0. The van der Waals surface area contributed by atoms with E-state index in [1.54, 1.807) is 19.1 Å². The number of imidazole rings is 1. The molecule has 0 radical (unpaired) electrons. The molecule has 1 unspecified atom stereocenters. The van der Waals surface area contributed by atoms with Crippen LogP contribution in [0, 0.1) is 0 Å². The van der Waals surface area contributed by atoms with Crippen LogP contribution in [0.25, 0.3) is 21.8 Å². The topological polar surface area (TPSA) is 65.8 Å². The highest BCUT2D eigenvalue weighted by molar-refractivity contribution is 5.98. The first-order valence-electron chi connectivity index (χ1n) is 12.7. The minimum atomic E-state index is -0.0663. The summed E-state index contributed by atoms with van der Waals surface area (Å²) in [5.41, 5.74) is 2.66. The molecular formula is C31H29N3O4. The highest BCUT2D eigenvalue weighted by Crippen LogP contribution is 2.39. The Morgan fingerprint density at radius 3 is 2.58 bits per heavy atom. The van der Waals surface area contributed by atoms with E-state index in [9.17, 15) is 4.79 Å². The molecular weight excluding hydrogens is 478 g/mol. The maximum Gasteiger partial charge on any atom is 0.227 e. The van der Waals surface area contributed by atoms with Crippen molar-refractivity contribution in [3.05, 3.63) is 90.8 Å². The van der Waals surface area contributed by atoms with Gasteiger partial charge in [-0.1, -0.05) is 48.5 Å². The molecule has 6 rings (SSSR count). The van der Waals surface area contributed by atoms with Gasteiger partial charge in [-0.25, -0.2) is 4.98 Å². The summed E-state index contributed by atoms with van der Waals surface area (Å²) in [7, 11) is 3.22. The standard InChI is InChI=1S/C31H29N3O4/c1-36-23-14-15-29(37-2)27(19-23)34-20-22(18-30(34)35)31-32-25-11-5-6-12-26(25)33(31)16-17-38-28-13-7-9-21-8-3-4-10-24(21)28/h3-15,19,22H,16-18,20H2,1-2H3. The molecule has 1 aliphatic rings. The average Bonchev–Trinajstić information content (AvgIpc) is 3.53. The molecule has 4 aromatic carbocycles. The number of fused-ring (bicyclic) bond motifs is 2. The first kappa shape index (κ1) is 23.9. The summed E-state index contributed by atoms with van der Waals surface area (Å²) in [6, 6.07) is 27.9. The fourth-order valence-electron chi connectivity index (χ4n) is 5.33. The Bertz CT molecular complexity index is 1620. The Hall–Kier alpha value is -4.52. The summed E-state index contributed by atoms with van der Waals surface area (Å²) >= 11 is 0. The molecule has 0 saturated carbocycles. The van der Waals surface area contributed by atoms with E-state index in [0.29, 0.717) is 43.3 Å². The fraction of sp³-hybridized carbons (Fsp3) is 0.226. The SMILES string of the molecule is COc1ccc(OC)c(N2CC(c3nc4ccccc4n3CCOc3cccc4ccccc34)CC2=O)c1. The Kier molecular flexibility index (Phi) is 6.33. The molecule has 0 spiro atoms. The van der Waals surface area contributed by atoms with E-state index in [-0.39, 0.29) is 11.8 Å². The van der Waals surface area contributed by atoms with Crippen LogP contribution in [0.15, 0.2) is 84.9 Å². The number of amides is 1. The predicted octanol–water partition coefficient (Wildman–Crippen LogP) is 5.81. The van der Waals surface area contributed by atoms with Crippen LogP contribution in [0.2, 0.25) is 0 Å². The average molecular weight is 508 g/mol. The molecule has 1 atom stereocenters. The molecule has 192 valence electrons. The highest BCUT2D eigenvalue weighted by Gasteiger charge is 2.36. The molecule has 7 nitrogen and oxygen atoms in total. The quantitative estimate of drug-likeness (QED) is 0.265. The molecule has 0 bridgehead atoms. The molecule has 1 amide bonds. The first-order valence-corrected chi connectivity index (χ1v) is 12.7. The maximum atomic E-state index is 13.2. The fourth-order valence-corrected chi connectivity index (χ4v) is 5.33. The second kappa shape index (κ2) is 10.1. The lowest BCUT2D eigenvalue weighted by Crippen LogP contribution is -2.25. The summed E-state index contributed by atoms with van der Waals surface area (Å²) in [6.45, 7) is 1.61. The van der Waals surface area contributed by atoms with Crippen molar-refractivity contribution in [3.8, 4) is 17.2 Å². The summed E-state index contributed by atoms with van der Waals surface area (Å²) in [6.07, 6.45) is 0.369. The predicted molar refractivity (Wildman–Crippen MR) is 148 cm³/mol. The Balaban J connectivity index is 1.28. The lowest BCUT2D eigenvalue weighted by atomic mass is 10.1. The normalized spacial score (nSPS) is 15.4. The van der Waals surface area contributed by atoms with Gasteiger partial charge in [0.1, 0.15) is 29.7 Å². The molecule has 1 saturated heterocycles. The molecule has 1 aliphatic heterocycles. The largest absolute Gasteiger partial charge is 0.497 e. The van der Waals surface area contributed by atoms with E-state index in [1.165, 1.54) is 0 Å². The third-order valence-corrected chi connectivity index (χ3v) is 7.17. The van der Waals surface area contributed by atoms with Gasteiger partial charge in [0, 0.05) is 30.3 Å². The zero-order valence-corrected chi connectivity index (χ0v) is 21.5. The van der Waals surface area contributed by atoms with Crippen LogP contribution in [0.3, 0.4) is 0 Å². The van der Waals surface area contributed by atoms with Crippen molar-refractivity contribution in [2.45, 2.75) is 18.9 Å². The molecule has 5 aromatic rings. The van der Waals surface area contributed by atoms with Crippen LogP contribution in [0.1, 0.15) is 18.2 Å². The van der Waals surface area contributed by atoms with Gasteiger partial charge in [0.15, 0.2) is 0 Å². The van der Waals surface area contributed by atoms with Crippen LogP contribution in [0.4, 0.5) is 5.69 Å². The van der Waals surface area contributed by atoms with Crippen molar-refractivity contribution >= 4 is 33.4 Å². The van der Waals surface area contributed by atoms with Crippen LogP contribution in [0.5, 0.6) is 17.2 Å². The minimum Gasteiger partial charge on any atom is -0.497 e. The summed E-state index contributed by atoms with van der Waals surface area (Å²) < 4.78 is 19.4. The number of methoxy groups -OCH3 is 2. The van der Waals surface area contributed by atoms with Crippen molar-refractivity contribution in [1.29, 1.82) is 0 Å². The van der Waals surface area contributed by atoms with Gasteiger partial charge in [0.05, 0.1) is 37.5 Å². The first-order chi connectivity index (χ1) is 18.7. The number of hydrogen-bond acceptors (Lipinski definition) is 5. The number of rotatable bonds is 8. The maximum absolute atomic E-state index is 13.2. The van der Waals surface area contributed by atoms with Crippen molar-refractivity contribution in [2.75, 3.05) is 32.3 Å². The van der Waals surface area contributed by atoms with Crippen LogP contribution >= 0.6 is 0 Å². The van der Waals surface area contributed by atoms with Gasteiger partial charge in [0.25, 0.3) is 0 Å². The summed E-state index contributed by atoms with van der Waals surface area (Å²) in [5, 5.41) is 2.24. The third-order valence-electron chi connectivity index (χ3n) is 7.17. The molecule has 1 aromatic heterocycles. The second-order valence-corrected chi connectivity index (χ2v) is 9.38. The van der Waals surface area contributed by atoms with Gasteiger partial charge in [-0.3, -0.25) is 4.79 Å². The van der Waals surface area contributed by atoms with E-state index < -0.39 is 0 Å². The zero-order valence-electron chi connectivity index (χ0n) is 21.5. The monoisotopic (exact) mass is 507 g/mol. The second-order valence-electron chi connectivity index (χ2n) is 9.38. The number of nitrogens with zero attached hydrogens (tertiary/aromatic N) is 3. The number of ether oxygens (including phenoxy) is 3. The Labute approximate surface area is 221 Å². The van der Waals surface area contributed by atoms with Crippen LogP contribution < -0.4 is 19.1 Å². The van der Waals surface area contributed by atoms with Gasteiger partial charge in [-0.05, 0) is 35.7 Å². The lowest BCUT2D eigenvalue weighted by Gasteiger charge is -2.20. The van der Waals surface area contributed by atoms with Gasteiger partial charge in [0.2, 0.25) is 5.91 Å². The molecule has 2 heterocycles. The number of anilines is 1. The zero-order chi connectivity index (χ0) is 26.1. The number of aromatic nitrogens is 2. The highest BCUT2D eigenvalue weighted by atomic mass is 16.5. The number of benzene rings is 4. The summed E-state index contributed by atoms with van der Waals surface area (Å²) in [5.74, 6) is 3.04.